The topological polar surface area (TPSA) is 89.4 Å². The maximum atomic E-state index is 13.9. The lowest BCUT2D eigenvalue weighted by Crippen LogP contribution is -2.25. The molecule has 0 saturated carbocycles. The monoisotopic (exact) mass is 397 g/mol. The van der Waals surface area contributed by atoms with Crippen molar-refractivity contribution in [1.29, 1.82) is 0 Å². The van der Waals surface area contributed by atoms with Crippen LogP contribution in [0.25, 0.3) is 11.3 Å². The Hall–Kier alpha value is -3.48. The summed E-state index contributed by atoms with van der Waals surface area (Å²) in [6.07, 6.45) is -1.11. The minimum absolute atomic E-state index is 0.147. The van der Waals surface area contributed by atoms with E-state index in [-0.39, 0.29) is 28.6 Å². The smallest absolute Gasteiger partial charge is 0.374 e. The van der Waals surface area contributed by atoms with Gasteiger partial charge in [0.15, 0.2) is 11.9 Å². The molecule has 1 aromatic carbocycles. The van der Waals surface area contributed by atoms with Crippen LogP contribution in [0.2, 0.25) is 0 Å². The van der Waals surface area contributed by atoms with Gasteiger partial charge in [-0.25, -0.2) is 9.18 Å². The first-order chi connectivity index (χ1) is 13.7. The minimum Gasteiger partial charge on any atom is -0.449 e. The van der Waals surface area contributed by atoms with Crippen LogP contribution in [0.4, 0.5) is 4.39 Å². The number of halogens is 1. The fraction of sp³-hybridized carbons (Fsp3) is 0.227. The number of furan rings is 1. The third kappa shape index (κ3) is 3.89. The van der Waals surface area contributed by atoms with E-state index in [0.717, 1.165) is 0 Å². The maximum Gasteiger partial charge on any atom is 0.374 e. The molecule has 2 aromatic heterocycles. The molecule has 2 heterocycles. The van der Waals surface area contributed by atoms with Crippen molar-refractivity contribution in [2.45, 2.75) is 33.8 Å². The van der Waals surface area contributed by atoms with Crippen molar-refractivity contribution >= 4 is 17.5 Å². The summed E-state index contributed by atoms with van der Waals surface area (Å²) in [5, 5.41) is 0. The zero-order chi connectivity index (χ0) is 21.3. The van der Waals surface area contributed by atoms with Gasteiger partial charge in [-0.3, -0.25) is 9.59 Å². The number of hydrogen-bond acceptors (Lipinski definition) is 5. The number of ketones is 2. The summed E-state index contributed by atoms with van der Waals surface area (Å²) in [6, 6.07) is 8.82. The van der Waals surface area contributed by atoms with Crippen molar-refractivity contribution in [2.75, 3.05) is 0 Å². The van der Waals surface area contributed by atoms with Gasteiger partial charge in [-0.15, -0.1) is 0 Å². The molecule has 0 spiro atoms. The SMILES string of the molecule is CC(=O)c1c(C)[nH]c(C(=O)[C@H](C)OC(=O)c2ccc(-c3ccccc3F)o2)c1C. The molecular weight excluding hydrogens is 377 g/mol. The van der Waals surface area contributed by atoms with E-state index in [1.807, 2.05) is 0 Å². The molecule has 0 radical (unpaired) electrons. The fourth-order valence-corrected chi connectivity index (χ4v) is 3.25. The predicted octanol–water partition coefficient (Wildman–Crippen LogP) is 4.66. The summed E-state index contributed by atoms with van der Waals surface area (Å²) in [6.45, 7) is 6.22. The second kappa shape index (κ2) is 7.87. The van der Waals surface area contributed by atoms with Crippen LogP contribution in [0.5, 0.6) is 0 Å². The molecule has 0 unspecified atom stereocenters. The number of aryl methyl sites for hydroxylation is 1. The molecule has 6 nitrogen and oxygen atoms in total. The van der Waals surface area contributed by atoms with E-state index >= 15 is 0 Å². The molecule has 0 saturated heterocycles. The summed E-state index contributed by atoms with van der Waals surface area (Å²) in [5.41, 5.74) is 1.98. The van der Waals surface area contributed by atoms with Crippen molar-refractivity contribution in [1.82, 2.24) is 4.98 Å². The standard InChI is InChI=1S/C22H20FNO5/c1-11-19(13(3)25)12(2)24-20(11)21(26)14(4)28-22(27)18-10-9-17(29-18)15-7-5-6-8-16(15)23/h5-10,14,24H,1-4H3/t14-/m0/s1. The molecule has 0 aliphatic rings. The summed E-state index contributed by atoms with van der Waals surface area (Å²) in [5.74, 6) is -1.92. The molecule has 29 heavy (non-hydrogen) atoms. The minimum atomic E-state index is -1.11. The Labute approximate surface area is 166 Å². The molecule has 150 valence electrons. The van der Waals surface area contributed by atoms with Crippen LogP contribution in [0.3, 0.4) is 0 Å². The van der Waals surface area contributed by atoms with E-state index in [1.54, 1.807) is 26.0 Å². The highest BCUT2D eigenvalue weighted by atomic mass is 19.1. The molecule has 1 N–H and O–H groups in total. The highest BCUT2D eigenvalue weighted by molar-refractivity contribution is 6.05. The van der Waals surface area contributed by atoms with Crippen molar-refractivity contribution in [3.8, 4) is 11.3 Å². The Kier molecular flexibility index (Phi) is 5.50. The van der Waals surface area contributed by atoms with Crippen molar-refractivity contribution in [3.05, 3.63) is 70.5 Å². The summed E-state index contributed by atoms with van der Waals surface area (Å²) >= 11 is 0. The van der Waals surface area contributed by atoms with Crippen LogP contribution < -0.4 is 0 Å². The number of carbonyl (C=O) groups excluding carboxylic acids is 3. The number of hydrogen-bond donors (Lipinski definition) is 1. The average molecular weight is 397 g/mol. The van der Waals surface area contributed by atoms with Gasteiger partial charge in [0.1, 0.15) is 11.6 Å². The fourth-order valence-electron chi connectivity index (χ4n) is 3.25. The predicted molar refractivity (Wildman–Crippen MR) is 104 cm³/mol. The molecule has 3 aromatic rings. The first-order valence-corrected chi connectivity index (χ1v) is 9.00. The number of carbonyl (C=O) groups is 3. The number of esters is 1. The Morgan fingerprint density at radius 3 is 2.41 bits per heavy atom. The Morgan fingerprint density at radius 2 is 1.79 bits per heavy atom. The maximum absolute atomic E-state index is 13.9. The highest BCUT2D eigenvalue weighted by Gasteiger charge is 2.27. The van der Waals surface area contributed by atoms with Gasteiger partial charge < -0.3 is 14.1 Å². The normalized spacial score (nSPS) is 11.9. The van der Waals surface area contributed by atoms with Gasteiger partial charge in [0.05, 0.1) is 11.3 Å². The number of rotatable bonds is 6. The Bertz CT molecular complexity index is 1110. The van der Waals surface area contributed by atoms with E-state index in [1.165, 1.54) is 38.1 Å². The van der Waals surface area contributed by atoms with Crippen LogP contribution >= 0.6 is 0 Å². The molecule has 0 aliphatic carbocycles. The Balaban J connectivity index is 1.76. The average Bonchev–Trinajstić information content (AvgIpc) is 3.26. The second-order valence-electron chi connectivity index (χ2n) is 6.74. The lowest BCUT2D eigenvalue weighted by Gasteiger charge is -2.11. The van der Waals surface area contributed by atoms with E-state index in [9.17, 15) is 18.8 Å². The number of H-pyrrole nitrogens is 1. The lowest BCUT2D eigenvalue weighted by molar-refractivity contribution is 0.0288. The number of Topliss-reactive ketones (excluding diaryl/α,β-unsaturated/α-hetero) is 2. The number of nitrogens with one attached hydrogen (secondary N) is 1. The number of aromatic nitrogens is 1. The molecule has 7 heteroatoms. The van der Waals surface area contributed by atoms with Crippen LogP contribution in [0, 0.1) is 19.7 Å². The van der Waals surface area contributed by atoms with Gasteiger partial charge in [-0.05, 0) is 57.5 Å². The lowest BCUT2D eigenvalue weighted by atomic mass is 10.0. The summed E-state index contributed by atoms with van der Waals surface area (Å²) in [4.78, 5) is 39.7. The molecule has 0 amide bonds. The number of benzene rings is 1. The van der Waals surface area contributed by atoms with Crippen molar-refractivity contribution < 1.29 is 27.9 Å². The summed E-state index contributed by atoms with van der Waals surface area (Å²) in [7, 11) is 0. The Morgan fingerprint density at radius 1 is 1.10 bits per heavy atom. The van der Waals surface area contributed by atoms with Gasteiger partial charge in [0.2, 0.25) is 11.5 Å². The van der Waals surface area contributed by atoms with Gasteiger partial charge in [-0.2, -0.15) is 0 Å². The van der Waals surface area contributed by atoms with Crippen LogP contribution in [-0.2, 0) is 4.74 Å². The van der Waals surface area contributed by atoms with E-state index < -0.39 is 23.7 Å². The molecule has 0 fully saturated rings. The van der Waals surface area contributed by atoms with E-state index in [4.69, 9.17) is 9.15 Å². The van der Waals surface area contributed by atoms with Gasteiger partial charge in [0.25, 0.3) is 0 Å². The van der Waals surface area contributed by atoms with E-state index in [2.05, 4.69) is 4.98 Å². The first-order valence-electron chi connectivity index (χ1n) is 9.00. The molecular formula is C22H20FNO5. The highest BCUT2D eigenvalue weighted by Crippen LogP contribution is 2.26. The third-order valence-corrected chi connectivity index (χ3v) is 4.64. The van der Waals surface area contributed by atoms with Crippen LogP contribution in [0.15, 0.2) is 40.8 Å². The molecule has 0 aliphatic heterocycles. The number of ether oxygens (including phenoxy) is 1. The largest absolute Gasteiger partial charge is 0.449 e. The second-order valence-corrected chi connectivity index (χ2v) is 6.74. The van der Waals surface area contributed by atoms with Gasteiger partial charge in [-0.1, -0.05) is 12.1 Å². The van der Waals surface area contributed by atoms with Crippen LogP contribution in [-0.4, -0.2) is 28.6 Å². The third-order valence-electron chi connectivity index (χ3n) is 4.64. The first kappa shape index (κ1) is 20.3. The molecule has 1 atom stereocenters. The van der Waals surface area contributed by atoms with Crippen molar-refractivity contribution in [2.24, 2.45) is 0 Å². The molecule has 3 rings (SSSR count). The zero-order valence-corrected chi connectivity index (χ0v) is 16.5. The van der Waals surface area contributed by atoms with Gasteiger partial charge in [0, 0.05) is 11.3 Å². The quantitative estimate of drug-likeness (QED) is 0.483. The van der Waals surface area contributed by atoms with Gasteiger partial charge >= 0.3 is 5.97 Å². The van der Waals surface area contributed by atoms with E-state index in [0.29, 0.717) is 16.8 Å². The number of aromatic amines is 1. The van der Waals surface area contributed by atoms with Crippen molar-refractivity contribution in [3.63, 3.8) is 0 Å². The van der Waals surface area contributed by atoms with Crippen LogP contribution in [0.1, 0.15) is 56.5 Å². The zero-order valence-electron chi connectivity index (χ0n) is 16.5. The molecule has 0 bridgehead atoms. The summed E-state index contributed by atoms with van der Waals surface area (Å²) < 4.78 is 24.5.